The minimum Gasteiger partial charge on any atom is -0.497 e. The zero-order valence-corrected chi connectivity index (χ0v) is 17.7. The number of methoxy groups -OCH3 is 1. The largest absolute Gasteiger partial charge is 0.497 e. The molecule has 1 aromatic heterocycles. The molecule has 0 spiro atoms. The first-order valence-electron chi connectivity index (χ1n) is 10.3. The number of imide groups is 1. The van der Waals surface area contributed by atoms with Gasteiger partial charge in [-0.05, 0) is 41.5 Å². The lowest BCUT2D eigenvalue weighted by molar-refractivity contribution is -0.124. The third kappa shape index (κ3) is 3.63. The van der Waals surface area contributed by atoms with E-state index in [0.29, 0.717) is 35.1 Å². The van der Waals surface area contributed by atoms with Crippen LogP contribution in [-0.2, 0) is 16.9 Å². The van der Waals surface area contributed by atoms with Crippen molar-refractivity contribution in [3.8, 4) is 17.4 Å². The molecule has 3 aromatic rings. The molecular formula is C24H20N4O5. The van der Waals surface area contributed by atoms with Gasteiger partial charge in [0.15, 0.2) is 5.54 Å². The molecule has 9 nitrogen and oxygen atoms in total. The smallest absolute Gasteiger partial charge is 0.322 e. The van der Waals surface area contributed by atoms with E-state index in [0.717, 1.165) is 5.56 Å². The topological polar surface area (TPSA) is 110 Å². The van der Waals surface area contributed by atoms with Crippen LogP contribution >= 0.6 is 0 Å². The third-order valence-corrected chi connectivity index (χ3v) is 5.77. The Morgan fingerprint density at radius 2 is 1.82 bits per heavy atom. The summed E-state index contributed by atoms with van der Waals surface area (Å²) in [6.07, 6.45) is 1.62. The maximum atomic E-state index is 13.1. The fourth-order valence-corrected chi connectivity index (χ4v) is 4.11. The molecule has 0 saturated carbocycles. The molecule has 3 heterocycles. The van der Waals surface area contributed by atoms with Gasteiger partial charge in [-0.1, -0.05) is 24.3 Å². The molecule has 0 aliphatic carbocycles. The number of benzene rings is 2. The van der Waals surface area contributed by atoms with Crippen molar-refractivity contribution in [3.63, 3.8) is 0 Å². The van der Waals surface area contributed by atoms with Gasteiger partial charge in [0.25, 0.3) is 11.8 Å². The van der Waals surface area contributed by atoms with Gasteiger partial charge in [-0.2, -0.15) is 0 Å². The lowest BCUT2D eigenvalue weighted by atomic mass is 9.89. The average Bonchev–Trinajstić information content (AvgIpc) is 3.29. The second kappa shape index (κ2) is 7.94. The zero-order valence-electron chi connectivity index (χ0n) is 17.7. The first-order valence-corrected chi connectivity index (χ1v) is 10.3. The van der Waals surface area contributed by atoms with Crippen molar-refractivity contribution in [2.75, 3.05) is 13.7 Å². The van der Waals surface area contributed by atoms with Crippen LogP contribution in [0.25, 0.3) is 0 Å². The van der Waals surface area contributed by atoms with Gasteiger partial charge in [0.2, 0.25) is 5.88 Å². The van der Waals surface area contributed by atoms with Gasteiger partial charge in [0.05, 0.1) is 13.7 Å². The van der Waals surface area contributed by atoms with Gasteiger partial charge in [-0.25, -0.2) is 9.78 Å². The summed E-state index contributed by atoms with van der Waals surface area (Å²) in [7, 11) is 1.54. The Balaban J connectivity index is 1.43. The standard InChI is InChI=1S/C24H20N4O5/c1-32-18-8-5-15-13-28(21(29)19(15)12-18)14-24(22(30)26-23(31)27-24)16-6-9-17(10-7-16)33-20-4-2-3-11-25-20/h2-12H,13-14H2,1H3,(H2,26,27,30,31). The van der Waals surface area contributed by atoms with Gasteiger partial charge in [-0.15, -0.1) is 0 Å². The number of hydrogen-bond acceptors (Lipinski definition) is 6. The summed E-state index contributed by atoms with van der Waals surface area (Å²) in [6.45, 7) is 0.296. The highest BCUT2D eigenvalue weighted by molar-refractivity contribution is 6.08. The Hall–Kier alpha value is -4.40. The maximum Gasteiger partial charge on any atom is 0.322 e. The van der Waals surface area contributed by atoms with Crippen LogP contribution < -0.4 is 20.1 Å². The number of ether oxygens (including phenoxy) is 2. The molecule has 2 aliphatic rings. The number of nitrogens with zero attached hydrogens (tertiary/aromatic N) is 2. The normalized spacial score (nSPS) is 19.2. The number of fused-ring (bicyclic) bond motifs is 1. The Kier molecular flexibility index (Phi) is 4.93. The van der Waals surface area contributed by atoms with Crippen molar-refractivity contribution in [1.82, 2.24) is 20.5 Å². The van der Waals surface area contributed by atoms with Gasteiger partial charge in [0.1, 0.15) is 11.5 Å². The molecule has 166 valence electrons. The molecule has 0 bridgehead atoms. The summed E-state index contributed by atoms with van der Waals surface area (Å²) in [4.78, 5) is 43.8. The van der Waals surface area contributed by atoms with Gasteiger partial charge >= 0.3 is 6.03 Å². The predicted molar refractivity (Wildman–Crippen MR) is 117 cm³/mol. The van der Waals surface area contributed by atoms with Crippen molar-refractivity contribution in [3.05, 3.63) is 83.6 Å². The van der Waals surface area contributed by atoms with Crippen LogP contribution in [0.15, 0.2) is 66.9 Å². The second-order valence-electron chi connectivity index (χ2n) is 7.79. The number of urea groups is 1. The predicted octanol–water partition coefficient (Wildman–Crippen LogP) is 2.57. The number of carbonyl (C=O) groups excluding carboxylic acids is 3. The number of rotatable bonds is 6. The van der Waals surface area contributed by atoms with Crippen LogP contribution in [-0.4, -0.2) is 41.4 Å². The number of pyridine rings is 1. The summed E-state index contributed by atoms with van der Waals surface area (Å²) < 4.78 is 10.9. The number of carbonyl (C=O) groups is 3. The van der Waals surface area contributed by atoms with E-state index >= 15 is 0 Å². The van der Waals surface area contributed by atoms with Crippen LogP contribution in [0, 0.1) is 0 Å². The molecule has 2 aromatic carbocycles. The number of amides is 4. The fourth-order valence-electron chi connectivity index (χ4n) is 4.11. The lowest BCUT2D eigenvalue weighted by Gasteiger charge is -2.31. The maximum absolute atomic E-state index is 13.1. The van der Waals surface area contributed by atoms with E-state index in [9.17, 15) is 14.4 Å². The average molecular weight is 444 g/mol. The van der Waals surface area contributed by atoms with Crippen molar-refractivity contribution in [2.24, 2.45) is 0 Å². The number of nitrogens with one attached hydrogen (secondary N) is 2. The van der Waals surface area contributed by atoms with E-state index in [1.165, 1.54) is 7.11 Å². The molecule has 5 rings (SSSR count). The Morgan fingerprint density at radius 3 is 2.48 bits per heavy atom. The molecule has 1 fully saturated rings. The highest BCUT2D eigenvalue weighted by Gasteiger charge is 2.50. The first kappa shape index (κ1) is 20.5. The Labute approximate surface area is 189 Å². The van der Waals surface area contributed by atoms with Crippen LogP contribution in [0.3, 0.4) is 0 Å². The molecule has 1 atom stereocenters. The van der Waals surface area contributed by atoms with E-state index in [-0.39, 0.29) is 12.5 Å². The van der Waals surface area contributed by atoms with Crippen LogP contribution in [0.2, 0.25) is 0 Å². The summed E-state index contributed by atoms with van der Waals surface area (Å²) >= 11 is 0. The van der Waals surface area contributed by atoms with Crippen LogP contribution in [0.4, 0.5) is 4.79 Å². The van der Waals surface area contributed by atoms with Gasteiger partial charge < -0.3 is 19.7 Å². The first-order chi connectivity index (χ1) is 16.0. The molecule has 9 heteroatoms. The summed E-state index contributed by atoms with van der Waals surface area (Å²) in [5, 5.41) is 5.03. The van der Waals surface area contributed by atoms with E-state index in [1.807, 2.05) is 12.1 Å². The van der Waals surface area contributed by atoms with Crippen molar-refractivity contribution in [2.45, 2.75) is 12.1 Å². The summed E-state index contributed by atoms with van der Waals surface area (Å²) in [6, 6.07) is 16.8. The molecule has 1 saturated heterocycles. The monoisotopic (exact) mass is 444 g/mol. The van der Waals surface area contributed by atoms with Crippen LogP contribution in [0.1, 0.15) is 21.5 Å². The van der Waals surface area contributed by atoms with Crippen molar-refractivity contribution in [1.29, 1.82) is 0 Å². The molecule has 1 unspecified atom stereocenters. The van der Waals surface area contributed by atoms with E-state index < -0.39 is 17.5 Å². The lowest BCUT2D eigenvalue weighted by Crippen LogP contribution is -2.52. The highest BCUT2D eigenvalue weighted by Crippen LogP contribution is 2.33. The zero-order chi connectivity index (χ0) is 23.0. The minimum absolute atomic E-state index is 0.0269. The van der Waals surface area contributed by atoms with Crippen molar-refractivity contribution >= 4 is 17.8 Å². The van der Waals surface area contributed by atoms with E-state index in [4.69, 9.17) is 9.47 Å². The molecular weight excluding hydrogens is 424 g/mol. The third-order valence-electron chi connectivity index (χ3n) is 5.77. The number of hydrogen-bond donors (Lipinski definition) is 2. The summed E-state index contributed by atoms with van der Waals surface area (Å²) in [5.41, 5.74) is 0.455. The van der Waals surface area contributed by atoms with Crippen molar-refractivity contribution < 1.29 is 23.9 Å². The fraction of sp³-hybridized carbons (Fsp3) is 0.167. The van der Waals surface area contributed by atoms with Gasteiger partial charge in [-0.3, -0.25) is 14.9 Å². The minimum atomic E-state index is -1.43. The number of aromatic nitrogens is 1. The van der Waals surface area contributed by atoms with E-state index in [1.54, 1.807) is 59.6 Å². The summed E-state index contributed by atoms with van der Waals surface area (Å²) in [5.74, 6) is 0.783. The molecule has 2 aliphatic heterocycles. The van der Waals surface area contributed by atoms with Gasteiger partial charge in [0, 0.05) is 24.4 Å². The van der Waals surface area contributed by atoms with E-state index in [2.05, 4.69) is 15.6 Å². The molecule has 2 N–H and O–H groups in total. The second-order valence-corrected chi connectivity index (χ2v) is 7.79. The Bertz CT molecular complexity index is 1250. The highest BCUT2D eigenvalue weighted by atomic mass is 16.5. The molecule has 33 heavy (non-hydrogen) atoms. The Morgan fingerprint density at radius 1 is 1.03 bits per heavy atom. The quantitative estimate of drug-likeness (QED) is 0.566. The van der Waals surface area contributed by atoms with Crippen LogP contribution in [0.5, 0.6) is 17.4 Å². The molecule has 0 radical (unpaired) electrons. The molecule has 4 amide bonds. The SMILES string of the molecule is COc1ccc2c(c1)C(=O)N(CC1(c3ccc(Oc4ccccn4)cc3)NC(=O)NC1=O)C2.